The van der Waals surface area contributed by atoms with E-state index in [1.165, 1.54) is 45.4 Å². The van der Waals surface area contributed by atoms with Crippen molar-refractivity contribution in [2.75, 3.05) is 13.2 Å². The van der Waals surface area contributed by atoms with Crippen molar-refractivity contribution in [3.63, 3.8) is 0 Å². The summed E-state index contributed by atoms with van der Waals surface area (Å²) in [5, 5.41) is -1.93. The van der Waals surface area contributed by atoms with Gasteiger partial charge in [-0.25, -0.2) is 0 Å². The Morgan fingerprint density at radius 2 is 1.37 bits per heavy atom. The summed E-state index contributed by atoms with van der Waals surface area (Å²) in [6.07, 6.45) is 10.8. The third-order valence-corrected chi connectivity index (χ3v) is 5.10. The van der Waals surface area contributed by atoms with Gasteiger partial charge >= 0.3 is 41.5 Å². The van der Waals surface area contributed by atoms with Gasteiger partial charge in [0.05, 0.1) is 19.6 Å². The largest absolute Gasteiger partial charge is 1.00 e. The fraction of sp³-hybridized carbons (Fsp3) is 0.889. The minimum Gasteiger partial charge on any atom is -1.00 e. The predicted octanol–water partition coefficient (Wildman–Crippen LogP) is 0.777. The molecule has 0 aromatic heterocycles. The van der Waals surface area contributed by atoms with Crippen molar-refractivity contribution >= 4 is 22.1 Å². The van der Waals surface area contributed by atoms with E-state index in [9.17, 15) is 18.0 Å². The van der Waals surface area contributed by atoms with Gasteiger partial charge < -0.3 is 10.9 Å². The van der Waals surface area contributed by atoms with Crippen LogP contribution in [0, 0.1) is 0 Å². The third-order valence-electron chi connectivity index (χ3n) is 4.02. The smallest absolute Gasteiger partial charge is 1.00 e. The molecule has 1 atom stereocenters. The fourth-order valence-corrected chi connectivity index (χ4v) is 3.19. The van der Waals surface area contributed by atoms with Crippen LogP contribution < -0.4 is 29.6 Å². The Morgan fingerprint density at radius 1 is 0.889 bits per heavy atom. The predicted molar refractivity (Wildman–Crippen MR) is 101 cm³/mol. The molecule has 0 bridgehead atoms. The average molecular weight is 419 g/mol. The Morgan fingerprint density at radius 3 is 1.81 bits per heavy atom. The van der Waals surface area contributed by atoms with Crippen LogP contribution in [-0.4, -0.2) is 43.4 Å². The van der Waals surface area contributed by atoms with Gasteiger partial charge in [0.2, 0.25) is 0 Å². The molecule has 0 radical (unpaired) electrons. The molecule has 1 unspecified atom stereocenters. The summed E-state index contributed by atoms with van der Waals surface area (Å²) in [7, 11) is -4.71. The van der Waals surface area contributed by atoms with E-state index in [1.54, 1.807) is 0 Å². The van der Waals surface area contributed by atoms with Crippen molar-refractivity contribution in [2.24, 2.45) is 0 Å². The number of esters is 2. The first-order valence-corrected chi connectivity index (χ1v) is 11.1. The summed E-state index contributed by atoms with van der Waals surface area (Å²) in [4.78, 5) is 23.2. The van der Waals surface area contributed by atoms with Gasteiger partial charge in [0.1, 0.15) is 0 Å². The summed E-state index contributed by atoms with van der Waals surface area (Å²) in [6, 6.07) is 0. The maximum atomic E-state index is 11.7. The van der Waals surface area contributed by atoms with Gasteiger partial charge in [-0.15, -0.1) is 0 Å². The van der Waals surface area contributed by atoms with E-state index >= 15 is 0 Å². The Kier molecular flexibility index (Phi) is 19.3. The number of ether oxygens (including phenoxy) is 2. The topological polar surface area (TPSA) is 107 Å². The molecule has 0 aromatic carbocycles. The van der Waals surface area contributed by atoms with E-state index in [4.69, 9.17) is 9.29 Å². The van der Waals surface area contributed by atoms with Crippen molar-refractivity contribution in [3.8, 4) is 0 Å². The SMILES string of the molecule is CCCCCCCCCCCCOC(=O)CC(C(=O)OCC)S(=O)(=O)O.[H-].[Na+]. The maximum absolute atomic E-state index is 11.7. The van der Waals surface area contributed by atoms with E-state index in [0.717, 1.165) is 19.3 Å². The van der Waals surface area contributed by atoms with Gasteiger partial charge in [0.15, 0.2) is 5.25 Å². The van der Waals surface area contributed by atoms with Gasteiger partial charge in [-0.2, -0.15) is 8.42 Å². The van der Waals surface area contributed by atoms with E-state index in [-0.39, 0.29) is 44.2 Å². The van der Waals surface area contributed by atoms with Crippen molar-refractivity contribution < 1.29 is 63.0 Å². The van der Waals surface area contributed by atoms with Crippen LogP contribution in [-0.2, 0) is 29.2 Å². The van der Waals surface area contributed by atoms with Crippen LogP contribution in [0.3, 0.4) is 0 Å². The normalized spacial score (nSPS) is 12.1. The first-order chi connectivity index (χ1) is 12.3. The summed E-state index contributed by atoms with van der Waals surface area (Å²) < 4.78 is 40.9. The second-order valence-electron chi connectivity index (χ2n) is 6.36. The Balaban J connectivity index is -0.00000312. The number of hydrogen-bond acceptors (Lipinski definition) is 6. The van der Waals surface area contributed by atoms with Crippen molar-refractivity contribution in [3.05, 3.63) is 0 Å². The van der Waals surface area contributed by atoms with Gasteiger partial charge in [-0.3, -0.25) is 14.1 Å². The summed E-state index contributed by atoms with van der Waals surface area (Å²) in [5.74, 6) is -1.98. The monoisotopic (exact) mass is 418 g/mol. The number of hydrogen-bond donors (Lipinski definition) is 1. The van der Waals surface area contributed by atoms with E-state index < -0.39 is 33.7 Å². The number of carbonyl (C=O) groups excluding carboxylic acids is 2. The van der Waals surface area contributed by atoms with Crippen molar-refractivity contribution in [2.45, 2.75) is 89.7 Å². The molecule has 0 aliphatic carbocycles. The molecule has 0 rings (SSSR count). The van der Waals surface area contributed by atoms with Gasteiger partial charge in [-0.1, -0.05) is 64.7 Å². The standard InChI is InChI=1S/C18H34O7S.Na.H/c1-3-5-6-7-8-9-10-11-12-13-14-25-17(19)15-16(26(21,22)23)18(20)24-4-2;;/h16H,3-15H2,1-2H3,(H,21,22,23);;/q;+1;-1. The Hall–Kier alpha value is -0.150. The fourth-order valence-electron chi connectivity index (χ4n) is 2.53. The van der Waals surface area contributed by atoms with Gasteiger partial charge in [-0.05, 0) is 13.3 Å². The molecule has 156 valence electrons. The van der Waals surface area contributed by atoms with Crippen LogP contribution in [0.1, 0.15) is 85.9 Å². The minimum absolute atomic E-state index is 0. The van der Waals surface area contributed by atoms with Crippen LogP contribution in [0.2, 0.25) is 0 Å². The molecule has 0 saturated carbocycles. The Labute approximate surface area is 187 Å². The molecule has 0 aliphatic rings. The molecule has 27 heavy (non-hydrogen) atoms. The molecule has 0 fully saturated rings. The molecular weight excluding hydrogens is 383 g/mol. The summed E-state index contributed by atoms with van der Waals surface area (Å²) in [5.41, 5.74) is 0. The number of unbranched alkanes of at least 4 members (excludes halogenated alkanes) is 9. The number of carbonyl (C=O) groups is 2. The van der Waals surface area contributed by atoms with E-state index in [0.29, 0.717) is 6.42 Å². The number of rotatable bonds is 16. The zero-order valence-electron chi connectivity index (χ0n) is 18.1. The molecule has 0 saturated heterocycles. The van der Waals surface area contributed by atoms with Gasteiger partial charge in [0.25, 0.3) is 10.1 Å². The molecule has 0 aliphatic heterocycles. The van der Waals surface area contributed by atoms with Crippen molar-refractivity contribution in [1.82, 2.24) is 0 Å². The zero-order chi connectivity index (χ0) is 19.8. The first-order valence-electron chi connectivity index (χ1n) is 9.61. The quantitative estimate of drug-likeness (QED) is 0.171. The molecule has 7 nitrogen and oxygen atoms in total. The molecule has 0 spiro atoms. The van der Waals surface area contributed by atoms with Crippen LogP contribution in [0.25, 0.3) is 0 Å². The molecule has 0 amide bonds. The zero-order valence-corrected chi connectivity index (χ0v) is 19.9. The first kappa shape index (κ1) is 29.1. The van der Waals surface area contributed by atoms with Crippen LogP contribution in [0.5, 0.6) is 0 Å². The maximum Gasteiger partial charge on any atom is 1.00 e. The van der Waals surface area contributed by atoms with E-state index in [2.05, 4.69) is 11.7 Å². The molecule has 9 heteroatoms. The summed E-state index contributed by atoms with van der Waals surface area (Å²) in [6.45, 7) is 3.84. The van der Waals surface area contributed by atoms with Crippen LogP contribution in [0.15, 0.2) is 0 Å². The molecule has 1 N–H and O–H groups in total. The molecule has 0 heterocycles. The second-order valence-corrected chi connectivity index (χ2v) is 7.96. The average Bonchev–Trinajstić information content (AvgIpc) is 2.56. The van der Waals surface area contributed by atoms with Crippen molar-refractivity contribution in [1.29, 1.82) is 0 Å². The third kappa shape index (κ3) is 16.5. The molecule has 0 aromatic rings. The van der Waals surface area contributed by atoms with Crippen LogP contribution in [0.4, 0.5) is 0 Å². The second kappa shape index (κ2) is 17.9. The molecular formula is C18H35NaO7S. The van der Waals surface area contributed by atoms with E-state index in [1.807, 2.05) is 0 Å². The summed E-state index contributed by atoms with van der Waals surface area (Å²) >= 11 is 0. The Bertz CT molecular complexity index is 500. The van der Waals surface area contributed by atoms with Gasteiger partial charge in [0, 0.05) is 0 Å². The minimum atomic E-state index is -4.71. The van der Waals surface area contributed by atoms with Crippen LogP contribution >= 0.6 is 0 Å².